The molecule has 0 fully saturated rings. The van der Waals surface area contributed by atoms with Crippen molar-refractivity contribution in [1.29, 1.82) is 0 Å². The second-order valence-electron chi connectivity index (χ2n) is 3.99. The van der Waals surface area contributed by atoms with Crippen LogP contribution >= 0.6 is 0 Å². The fraction of sp³-hybridized carbons (Fsp3) is 0.154. The molecule has 0 unspecified atom stereocenters. The van der Waals surface area contributed by atoms with Crippen molar-refractivity contribution in [2.75, 3.05) is 0 Å². The molecule has 0 aromatic carbocycles. The van der Waals surface area contributed by atoms with E-state index in [0.29, 0.717) is 11.5 Å². The Labute approximate surface area is 114 Å². The van der Waals surface area contributed by atoms with Crippen LogP contribution in [-0.4, -0.2) is 31.9 Å². The molecule has 7 heteroatoms. The van der Waals surface area contributed by atoms with E-state index < -0.39 is 11.9 Å². The summed E-state index contributed by atoms with van der Waals surface area (Å²) in [5, 5.41) is 11.4. The van der Waals surface area contributed by atoms with Gasteiger partial charge in [0.15, 0.2) is 0 Å². The first-order valence-corrected chi connectivity index (χ1v) is 5.83. The first kappa shape index (κ1) is 13.6. The Morgan fingerprint density at radius 3 is 2.65 bits per heavy atom. The largest absolute Gasteiger partial charge is 0.477 e. The first-order chi connectivity index (χ1) is 9.56. The Bertz CT molecular complexity index is 658. The van der Waals surface area contributed by atoms with Crippen molar-refractivity contribution in [2.24, 2.45) is 0 Å². The minimum absolute atomic E-state index is 0.0516. The number of aromatic nitrogens is 3. The molecule has 2 aromatic heterocycles. The lowest BCUT2D eigenvalue weighted by Gasteiger charge is -2.05. The minimum Gasteiger partial charge on any atom is -0.477 e. The maximum absolute atomic E-state index is 11.9. The molecule has 0 aliphatic heterocycles. The monoisotopic (exact) mass is 272 g/mol. The van der Waals surface area contributed by atoms with Gasteiger partial charge in [0.25, 0.3) is 5.91 Å². The van der Waals surface area contributed by atoms with Gasteiger partial charge in [0.2, 0.25) is 0 Å². The molecule has 2 heterocycles. The van der Waals surface area contributed by atoms with E-state index in [1.807, 2.05) is 0 Å². The van der Waals surface area contributed by atoms with Gasteiger partial charge in [-0.15, -0.1) is 0 Å². The maximum Gasteiger partial charge on any atom is 0.354 e. The van der Waals surface area contributed by atoms with E-state index in [-0.39, 0.29) is 17.9 Å². The van der Waals surface area contributed by atoms with Gasteiger partial charge in [-0.05, 0) is 25.1 Å². The highest BCUT2D eigenvalue weighted by Crippen LogP contribution is 2.01. The van der Waals surface area contributed by atoms with E-state index in [4.69, 9.17) is 5.11 Å². The number of aryl methyl sites for hydroxylation is 1. The smallest absolute Gasteiger partial charge is 0.354 e. The molecule has 0 aliphatic rings. The van der Waals surface area contributed by atoms with Gasteiger partial charge < -0.3 is 10.4 Å². The second-order valence-corrected chi connectivity index (χ2v) is 3.99. The van der Waals surface area contributed by atoms with Crippen molar-refractivity contribution < 1.29 is 14.7 Å². The van der Waals surface area contributed by atoms with Gasteiger partial charge in [-0.3, -0.25) is 4.79 Å². The van der Waals surface area contributed by atoms with E-state index in [1.165, 1.54) is 18.2 Å². The van der Waals surface area contributed by atoms with Crippen LogP contribution in [0.15, 0.2) is 30.5 Å². The highest BCUT2D eigenvalue weighted by Gasteiger charge is 2.11. The van der Waals surface area contributed by atoms with Crippen LogP contribution in [0.4, 0.5) is 0 Å². The summed E-state index contributed by atoms with van der Waals surface area (Å²) in [5.74, 6) is -1.02. The average Bonchev–Trinajstić information content (AvgIpc) is 2.45. The molecule has 0 spiro atoms. The molecule has 0 radical (unpaired) electrons. The molecule has 20 heavy (non-hydrogen) atoms. The number of hydrogen-bond acceptors (Lipinski definition) is 5. The second kappa shape index (κ2) is 5.87. The lowest BCUT2D eigenvalue weighted by molar-refractivity contribution is 0.0690. The van der Waals surface area contributed by atoms with E-state index in [9.17, 15) is 9.59 Å². The van der Waals surface area contributed by atoms with Crippen LogP contribution in [0.2, 0.25) is 0 Å². The third kappa shape index (κ3) is 3.35. The van der Waals surface area contributed by atoms with E-state index >= 15 is 0 Å². The Morgan fingerprint density at radius 2 is 1.95 bits per heavy atom. The molecule has 1 amide bonds. The summed E-state index contributed by atoms with van der Waals surface area (Å²) in [6, 6.07) is 5.94. The van der Waals surface area contributed by atoms with Crippen LogP contribution in [0.3, 0.4) is 0 Å². The summed E-state index contributed by atoms with van der Waals surface area (Å²) in [6.07, 6.45) is 1.60. The normalized spacial score (nSPS) is 10.1. The summed E-state index contributed by atoms with van der Waals surface area (Å²) in [7, 11) is 0. The van der Waals surface area contributed by atoms with E-state index in [1.54, 1.807) is 19.2 Å². The number of hydrogen-bond donors (Lipinski definition) is 2. The quantitative estimate of drug-likeness (QED) is 0.853. The Kier molecular flexibility index (Phi) is 3.99. The number of carbonyl (C=O) groups is 2. The molecular weight excluding hydrogens is 260 g/mol. The van der Waals surface area contributed by atoms with Gasteiger partial charge in [0.05, 0.1) is 12.2 Å². The minimum atomic E-state index is -1.17. The molecule has 102 valence electrons. The predicted octanol–water partition coefficient (Wildman–Crippen LogP) is 0.808. The number of carboxylic acid groups (broad SMARTS) is 1. The Balaban J connectivity index is 2.05. The predicted molar refractivity (Wildman–Crippen MR) is 69.1 cm³/mol. The van der Waals surface area contributed by atoms with Gasteiger partial charge in [-0.25, -0.2) is 19.7 Å². The lowest BCUT2D eigenvalue weighted by Crippen LogP contribution is -2.25. The van der Waals surface area contributed by atoms with Crippen molar-refractivity contribution in [3.8, 4) is 0 Å². The Morgan fingerprint density at radius 1 is 1.20 bits per heavy atom. The van der Waals surface area contributed by atoms with Crippen LogP contribution in [0.25, 0.3) is 0 Å². The number of carboxylic acids is 1. The molecule has 0 aliphatic carbocycles. The highest BCUT2D eigenvalue weighted by atomic mass is 16.4. The summed E-state index contributed by atoms with van der Waals surface area (Å²) in [6.45, 7) is 1.98. The average molecular weight is 272 g/mol. The number of nitrogens with zero attached hydrogens (tertiary/aromatic N) is 3. The van der Waals surface area contributed by atoms with Crippen LogP contribution in [0, 0.1) is 6.92 Å². The number of rotatable bonds is 4. The molecule has 0 saturated carbocycles. The van der Waals surface area contributed by atoms with Gasteiger partial charge in [0.1, 0.15) is 17.2 Å². The SMILES string of the molecule is Cc1nccc(CNC(=O)c2cccc(C(=O)O)n2)n1. The molecule has 0 bridgehead atoms. The molecular formula is C13H12N4O3. The summed E-state index contributed by atoms with van der Waals surface area (Å²) in [4.78, 5) is 34.5. The zero-order chi connectivity index (χ0) is 14.5. The van der Waals surface area contributed by atoms with Gasteiger partial charge in [0, 0.05) is 6.20 Å². The number of nitrogens with one attached hydrogen (secondary N) is 1. The van der Waals surface area contributed by atoms with Crippen molar-refractivity contribution in [2.45, 2.75) is 13.5 Å². The van der Waals surface area contributed by atoms with Crippen LogP contribution in [0.5, 0.6) is 0 Å². The van der Waals surface area contributed by atoms with Crippen molar-refractivity contribution >= 4 is 11.9 Å². The number of amides is 1. The highest BCUT2D eigenvalue weighted by molar-refractivity contribution is 5.94. The standard InChI is InChI=1S/C13H12N4O3/c1-8-14-6-5-9(16-8)7-15-12(18)10-3-2-4-11(17-10)13(19)20/h2-6H,7H2,1H3,(H,15,18)(H,19,20). The Hall–Kier alpha value is -2.83. The van der Waals surface area contributed by atoms with Crippen LogP contribution in [0.1, 0.15) is 32.5 Å². The molecule has 2 N–H and O–H groups in total. The molecule has 2 rings (SSSR count). The molecule has 7 nitrogen and oxygen atoms in total. The topological polar surface area (TPSA) is 105 Å². The van der Waals surface area contributed by atoms with E-state index in [0.717, 1.165) is 0 Å². The van der Waals surface area contributed by atoms with Crippen LogP contribution in [-0.2, 0) is 6.54 Å². The summed E-state index contributed by atoms with van der Waals surface area (Å²) < 4.78 is 0. The van der Waals surface area contributed by atoms with Crippen LogP contribution < -0.4 is 5.32 Å². The third-order valence-electron chi connectivity index (χ3n) is 2.46. The number of carbonyl (C=O) groups excluding carboxylic acids is 1. The fourth-order valence-corrected chi connectivity index (χ4v) is 1.55. The van der Waals surface area contributed by atoms with Gasteiger partial charge in [-0.2, -0.15) is 0 Å². The van der Waals surface area contributed by atoms with Crippen molar-refractivity contribution in [3.05, 3.63) is 53.4 Å². The van der Waals surface area contributed by atoms with Gasteiger partial charge >= 0.3 is 5.97 Å². The van der Waals surface area contributed by atoms with Crippen molar-refractivity contribution in [3.63, 3.8) is 0 Å². The first-order valence-electron chi connectivity index (χ1n) is 5.83. The maximum atomic E-state index is 11.9. The van der Waals surface area contributed by atoms with Crippen molar-refractivity contribution in [1.82, 2.24) is 20.3 Å². The van der Waals surface area contributed by atoms with Gasteiger partial charge in [-0.1, -0.05) is 6.07 Å². The summed E-state index contributed by atoms with van der Waals surface area (Å²) >= 11 is 0. The summed E-state index contributed by atoms with van der Waals surface area (Å²) in [5.41, 5.74) is 0.548. The number of pyridine rings is 1. The third-order valence-corrected chi connectivity index (χ3v) is 2.46. The molecule has 0 atom stereocenters. The zero-order valence-corrected chi connectivity index (χ0v) is 10.7. The fourth-order valence-electron chi connectivity index (χ4n) is 1.55. The molecule has 0 saturated heterocycles. The molecule has 2 aromatic rings. The zero-order valence-electron chi connectivity index (χ0n) is 10.7. The van der Waals surface area contributed by atoms with E-state index in [2.05, 4.69) is 20.3 Å². The lowest BCUT2D eigenvalue weighted by atomic mass is 10.3. The number of aromatic carboxylic acids is 1.